The van der Waals surface area contributed by atoms with Crippen molar-refractivity contribution in [3.05, 3.63) is 18.0 Å². The maximum absolute atomic E-state index is 10.1. The molecule has 1 aliphatic rings. The molecule has 4 nitrogen and oxygen atoms in total. The first-order valence-corrected chi connectivity index (χ1v) is 6.99. The summed E-state index contributed by atoms with van der Waals surface area (Å²) in [4.78, 5) is 0. The Kier molecular flexibility index (Phi) is 4.78. The standard InChI is InChI=1S/C14H24N2O2/c1-11(2)16-7-6-12(15-16)9-13(17)10-14-5-3-4-8-18-14/h6-7,11,13-14,17H,3-5,8-10H2,1-2H3. The Morgan fingerprint density at radius 2 is 2.33 bits per heavy atom. The molecule has 0 spiro atoms. The third-order valence-corrected chi connectivity index (χ3v) is 3.45. The Bertz CT molecular complexity index is 356. The van der Waals surface area contributed by atoms with Crippen molar-refractivity contribution in [2.45, 2.75) is 64.2 Å². The number of aliphatic hydroxyl groups is 1. The summed E-state index contributed by atoms with van der Waals surface area (Å²) in [5, 5.41) is 14.5. The fourth-order valence-corrected chi connectivity index (χ4v) is 2.40. The van der Waals surface area contributed by atoms with E-state index in [1.807, 2.05) is 16.9 Å². The number of nitrogens with zero attached hydrogens (tertiary/aromatic N) is 2. The van der Waals surface area contributed by atoms with Gasteiger partial charge < -0.3 is 9.84 Å². The molecule has 1 N–H and O–H groups in total. The molecule has 1 aromatic rings. The molecule has 4 heteroatoms. The van der Waals surface area contributed by atoms with E-state index in [9.17, 15) is 5.11 Å². The van der Waals surface area contributed by atoms with Crippen LogP contribution in [0.25, 0.3) is 0 Å². The zero-order valence-corrected chi connectivity index (χ0v) is 11.4. The highest BCUT2D eigenvalue weighted by molar-refractivity contribution is 5.01. The van der Waals surface area contributed by atoms with E-state index in [4.69, 9.17) is 4.74 Å². The lowest BCUT2D eigenvalue weighted by Gasteiger charge is -2.24. The minimum Gasteiger partial charge on any atom is -0.393 e. The van der Waals surface area contributed by atoms with Crippen LogP contribution < -0.4 is 0 Å². The molecule has 0 aliphatic carbocycles. The van der Waals surface area contributed by atoms with Gasteiger partial charge in [-0.2, -0.15) is 5.10 Å². The summed E-state index contributed by atoms with van der Waals surface area (Å²) in [6.07, 6.45) is 6.68. The monoisotopic (exact) mass is 252 g/mol. The van der Waals surface area contributed by atoms with E-state index in [1.54, 1.807) is 0 Å². The largest absolute Gasteiger partial charge is 0.393 e. The summed E-state index contributed by atoms with van der Waals surface area (Å²) in [6, 6.07) is 2.36. The number of aromatic nitrogens is 2. The van der Waals surface area contributed by atoms with E-state index in [0.717, 1.165) is 31.6 Å². The van der Waals surface area contributed by atoms with Crippen LogP contribution in [-0.2, 0) is 11.2 Å². The highest BCUT2D eigenvalue weighted by Gasteiger charge is 2.19. The summed E-state index contributed by atoms with van der Waals surface area (Å²) >= 11 is 0. The van der Waals surface area contributed by atoms with Crippen molar-refractivity contribution < 1.29 is 9.84 Å². The Morgan fingerprint density at radius 1 is 1.50 bits per heavy atom. The third-order valence-electron chi connectivity index (χ3n) is 3.45. The minimum atomic E-state index is -0.344. The van der Waals surface area contributed by atoms with E-state index in [0.29, 0.717) is 12.5 Å². The second-order valence-electron chi connectivity index (χ2n) is 5.46. The van der Waals surface area contributed by atoms with Crippen molar-refractivity contribution in [2.24, 2.45) is 0 Å². The number of rotatable bonds is 5. The second kappa shape index (κ2) is 6.34. The molecule has 1 saturated heterocycles. The first kappa shape index (κ1) is 13.6. The molecule has 1 aromatic heterocycles. The van der Waals surface area contributed by atoms with Crippen LogP contribution in [0.2, 0.25) is 0 Å². The number of hydrogen-bond acceptors (Lipinski definition) is 3. The third kappa shape index (κ3) is 3.82. The number of ether oxygens (including phenoxy) is 1. The predicted octanol–water partition coefficient (Wildman–Crippen LogP) is 2.33. The molecule has 0 aromatic carbocycles. The SMILES string of the molecule is CC(C)n1ccc(CC(O)CC2CCCCO2)n1. The summed E-state index contributed by atoms with van der Waals surface area (Å²) in [7, 11) is 0. The van der Waals surface area contributed by atoms with Crippen molar-refractivity contribution >= 4 is 0 Å². The molecule has 0 radical (unpaired) electrons. The van der Waals surface area contributed by atoms with Gasteiger partial charge in [-0.25, -0.2) is 0 Å². The average Bonchev–Trinajstić information content (AvgIpc) is 2.78. The van der Waals surface area contributed by atoms with E-state index in [-0.39, 0.29) is 12.2 Å². The Morgan fingerprint density at radius 3 is 2.94 bits per heavy atom. The molecule has 0 saturated carbocycles. The van der Waals surface area contributed by atoms with Gasteiger partial charge in [0.05, 0.1) is 17.9 Å². The van der Waals surface area contributed by atoms with Crippen LogP contribution in [-0.4, -0.2) is 33.7 Å². The van der Waals surface area contributed by atoms with Crippen LogP contribution in [0.15, 0.2) is 12.3 Å². The summed E-state index contributed by atoms with van der Waals surface area (Å²) in [6.45, 7) is 5.05. The van der Waals surface area contributed by atoms with Crippen molar-refractivity contribution in [3.8, 4) is 0 Å². The molecule has 2 heterocycles. The zero-order chi connectivity index (χ0) is 13.0. The van der Waals surface area contributed by atoms with Gasteiger partial charge in [0.15, 0.2) is 0 Å². The van der Waals surface area contributed by atoms with Gasteiger partial charge in [-0.1, -0.05) is 0 Å². The first-order chi connectivity index (χ1) is 8.65. The van der Waals surface area contributed by atoms with Crippen molar-refractivity contribution in [3.63, 3.8) is 0 Å². The van der Waals surface area contributed by atoms with Crippen LogP contribution in [0.3, 0.4) is 0 Å². The lowest BCUT2D eigenvalue weighted by atomic mass is 10.0. The molecule has 102 valence electrons. The van der Waals surface area contributed by atoms with Gasteiger partial charge in [0.1, 0.15) is 0 Å². The fraction of sp³-hybridized carbons (Fsp3) is 0.786. The highest BCUT2D eigenvalue weighted by atomic mass is 16.5. The topological polar surface area (TPSA) is 47.3 Å². The van der Waals surface area contributed by atoms with Gasteiger partial charge in [-0.15, -0.1) is 0 Å². The van der Waals surface area contributed by atoms with Gasteiger partial charge in [-0.05, 0) is 45.6 Å². The molecule has 0 bridgehead atoms. The van der Waals surface area contributed by atoms with Crippen LogP contribution in [0.4, 0.5) is 0 Å². The fourth-order valence-electron chi connectivity index (χ4n) is 2.40. The van der Waals surface area contributed by atoms with E-state index in [1.165, 1.54) is 6.42 Å². The Balaban J connectivity index is 1.80. The first-order valence-electron chi connectivity index (χ1n) is 6.99. The minimum absolute atomic E-state index is 0.237. The van der Waals surface area contributed by atoms with Gasteiger partial charge in [0, 0.05) is 25.3 Å². The molecular formula is C14H24N2O2. The van der Waals surface area contributed by atoms with E-state index in [2.05, 4.69) is 18.9 Å². The summed E-state index contributed by atoms with van der Waals surface area (Å²) in [5.74, 6) is 0. The van der Waals surface area contributed by atoms with Crippen LogP contribution >= 0.6 is 0 Å². The van der Waals surface area contributed by atoms with Gasteiger partial charge >= 0.3 is 0 Å². The zero-order valence-electron chi connectivity index (χ0n) is 11.4. The molecule has 2 rings (SSSR count). The van der Waals surface area contributed by atoms with Gasteiger partial charge in [0.2, 0.25) is 0 Å². The smallest absolute Gasteiger partial charge is 0.0650 e. The second-order valence-corrected chi connectivity index (χ2v) is 5.46. The molecule has 2 atom stereocenters. The molecular weight excluding hydrogens is 228 g/mol. The van der Waals surface area contributed by atoms with E-state index < -0.39 is 0 Å². The van der Waals surface area contributed by atoms with Crippen molar-refractivity contribution in [2.75, 3.05) is 6.61 Å². The number of aliphatic hydroxyl groups excluding tert-OH is 1. The molecule has 0 amide bonds. The van der Waals surface area contributed by atoms with Gasteiger partial charge in [0.25, 0.3) is 0 Å². The molecule has 1 aliphatic heterocycles. The van der Waals surface area contributed by atoms with E-state index >= 15 is 0 Å². The normalized spacial score (nSPS) is 22.3. The van der Waals surface area contributed by atoms with Crippen molar-refractivity contribution in [1.82, 2.24) is 9.78 Å². The molecule has 18 heavy (non-hydrogen) atoms. The lowest BCUT2D eigenvalue weighted by Crippen LogP contribution is -2.25. The van der Waals surface area contributed by atoms with Crippen LogP contribution in [0.5, 0.6) is 0 Å². The number of hydrogen-bond donors (Lipinski definition) is 1. The average molecular weight is 252 g/mol. The predicted molar refractivity (Wildman–Crippen MR) is 70.5 cm³/mol. The Labute approximate surface area is 109 Å². The van der Waals surface area contributed by atoms with Gasteiger partial charge in [-0.3, -0.25) is 4.68 Å². The Hall–Kier alpha value is -0.870. The quantitative estimate of drug-likeness (QED) is 0.875. The van der Waals surface area contributed by atoms with Crippen molar-refractivity contribution in [1.29, 1.82) is 0 Å². The molecule has 2 unspecified atom stereocenters. The van der Waals surface area contributed by atoms with Crippen LogP contribution in [0.1, 0.15) is 51.3 Å². The maximum atomic E-state index is 10.1. The lowest BCUT2D eigenvalue weighted by molar-refractivity contribution is -0.0149. The summed E-state index contributed by atoms with van der Waals surface area (Å²) < 4.78 is 7.57. The summed E-state index contributed by atoms with van der Waals surface area (Å²) in [5.41, 5.74) is 0.965. The highest BCUT2D eigenvalue weighted by Crippen LogP contribution is 2.18. The maximum Gasteiger partial charge on any atom is 0.0650 e. The molecule has 1 fully saturated rings. The van der Waals surface area contributed by atoms with Crippen LogP contribution in [0, 0.1) is 0 Å².